The number of hydrogen-bond donors (Lipinski definition) is 2. The van der Waals surface area contributed by atoms with Crippen molar-refractivity contribution in [1.29, 1.82) is 0 Å². The minimum atomic E-state index is -0.238. The van der Waals surface area contributed by atoms with E-state index in [0.717, 1.165) is 0 Å². The van der Waals surface area contributed by atoms with Gasteiger partial charge in [-0.25, -0.2) is 0 Å². The first-order valence-corrected chi connectivity index (χ1v) is 6.12. The molecule has 0 fully saturated rings. The topological polar surface area (TPSA) is 67.1 Å². The quantitative estimate of drug-likeness (QED) is 0.834. The van der Waals surface area contributed by atoms with Gasteiger partial charge in [-0.05, 0) is 32.1 Å². The molecule has 0 radical (unpaired) electrons. The smallest absolute Gasteiger partial charge is 0.259 e. The van der Waals surface area contributed by atoms with Gasteiger partial charge in [-0.15, -0.1) is 0 Å². The van der Waals surface area contributed by atoms with Crippen LogP contribution in [0.5, 0.6) is 11.5 Å². The zero-order valence-corrected chi connectivity index (χ0v) is 11.0. The first kappa shape index (κ1) is 12.6. The minimum absolute atomic E-state index is 0.238. The van der Waals surface area contributed by atoms with Crippen molar-refractivity contribution in [3.8, 4) is 11.5 Å². The molecule has 0 spiro atoms. The number of H-pyrrole nitrogens is 2. The van der Waals surface area contributed by atoms with E-state index in [9.17, 15) is 4.79 Å². The molecule has 1 aromatic heterocycles. The van der Waals surface area contributed by atoms with Crippen molar-refractivity contribution in [2.24, 2.45) is 0 Å². The van der Waals surface area contributed by atoms with Crippen molar-refractivity contribution in [2.45, 2.75) is 13.8 Å². The molecule has 6 heteroatoms. The highest BCUT2D eigenvalue weighted by molar-refractivity contribution is 7.71. The summed E-state index contributed by atoms with van der Waals surface area (Å²) >= 11 is 4.94. The maximum absolute atomic E-state index is 11.8. The van der Waals surface area contributed by atoms with Crippen LogP contribution in [0, 0.1) is 4.77 Å². The highest BCUT2D eigenvalue weighted by atomic mass is 32.1. The zero-order valence-electron chi connectivity index (χ0n) is 10.2. The molecule has 0 saturated carbocycles. The normalized spacial score (nSPS) is 10.6. The Balaban J connectivity index is 2.71. The van der Waals surface area contributed by atoms with Gasteiger partial charge in [0, 0.05) is 6.07 Å². The second kappa shape index (κ2) is 5.22. The fraction of sp³-hybridized carbons (Fsp3) is 0.333. The SMILES string of the molecule is CCOc1cc2[nH]c(=S)[nH]c(=O)c2cc1OCC. The Morgan fingerprint density at radius 3 is 2.33 bits per heavy atom. The van der Waals surface area contributed by atoms with Gasteiger partial charge in [-0.2, -0.15) is 0 Å². The summed E-state index contributed by atoms with van der Waals surface area (Å²) in [4.78, 5) is 17.3. The van der Waals surface area contributed by atoms with E-state index in [-0.39, 0.29) is 5.56 Å². The number of aromatic nitrogens is 2. The molecule has 1 heterocycles. The summed E-state index contributed by atoms with van der Waals surface area (Å²) in [6, 6.07) is 3.39. The number of rotatable bonds is 4. The molecule has 0 aliphatic rings. The fourth-order valence-electron chi connectivity index (χ4n) is 1.71. The van der Waals surface area contributed by atoms with Crippen LogP contribution in [0.1, 0.15) is 13.8 Å². The van der Waals surface area contributed by atoms with Gasteiger partial charge in [0.05, 0.1) is 24.1 Å². The summed E-state index contributed by atoms with van der Waals surface area (Å²) in [6.07, 6.45) is 0. The molecule has 2 N–H and O–H groups in total. The van der Waals surface area contributed by atoms with Crippen LogP contribution >= 0.6 is 12.2 Å². The van der Waals surface area contributed by atoms with Crippen LogP contribution in [0.4, 0.5) is 0 Å². The molecule has 0 aliphatic heterocycles. The maximum atomic E-state index is 11.8. The van der Waals surface area contributed by atoms with Crippen molar-refractivity contribution in [1.82, 2.24) is 9.97 Å². The zero-order chi connectivity index (χ0) is 13.1. The summed E-state index contributed by atoms with van der Waals surface area (Å²) in [5.74, 6) is 1.16. The third kappa shape index (κ3) is 2.38. The first-order valence-electron chi connectivity index (χ1n) is 5.71. The number of benzene rings is 1. The Bertz CT molecular complexity index is 675. The molecule has 1 aromatic carbocycles. The molecule has 18 heavy (non-hydrogen) atoms. The van der Waals surface area contributed by atoms with Crippen LogP contribution < -0.4 is 15.0 Å². The van der Waals surface area contributed by atoms with Gasteiger partial charge < -0.3 is 14.5 Å². The Morgan fingerprint density at radius 2 is 1.72 bits per heavy atom. The largest absolute Gasteiger partial charge is 0.490 e. The van der Waals surface area contributed by atoms with Gasteiger partial charge in [0.1, 0.15) is 0 Å². The summed E-state index contributed by atoms with van der Waals surface area (Å²) in [7, 11) is 0. The van der Waals surface area contributed by atoms with Gasteiger partial charge in [-0.3, -0.25) is 9.78 Å². The molecule has 2 rings (SSSR count). The molecule has 0 unspecified atom stereocenters. The molecule has 0 saturated heterocycles. The van der Waals surface area contributed by atoms with Gasteiger partial charge in [-0.1, -0.05) is 0 Å². The van der Waals surface area contributed by atoms with E-state index in [1.54, 1.807) is 12.1 Å². The maximum Gasteiger partial charge on any atom is 0.259 e. The van der Waals surface area contributed by atoms with E-state index in [1.807, 2.05) is 13.8 Å². The molecule has 5 nitrogen and oxygen atoms in total. The van der Waals surface area contributed by atoms with E-state index in [4.69, 9.17) is 21.7 Å². The van der Waals surface area contributed by atoms with Crippen LogP contribution in [0.3, 0.4) is 0 Å². The summed E-state index contributed by atoms with van der Waals surface area (Å²) in [5.41, 5.74) is 0.397. The Morgan fingerprint density at radius 1 is 1.11 bits per heavy atom. The number of fused-ring (bicyclic) bond motifs is 1. The minimum Gasteiger partial charge on any atom is -0.490 e. The molecule has 0 aliphatic carbocycles. The Labute approximate surface area is 109 Å². The second-order valence-electron chi connectivity index (χ2n) is 3.62. The van der Waals surface area contributed by atoms with Crippen molar-refractivity contribution in [3.05, 3.63) is 27.3 Å². The highest BCUT2D eigenvalue weighted by Crippen LogP contribution is 2.30. The van der Waals surface area contributed by atoms with Crippen molar-refractivity contribution in [3.63, 3.8) is 0 Å². The lowest BCUT2D eigenvalue weighted by Crippen LogP contribution is -2.09. The van der Waals surface area contributed by atoms with Gasteiger partial charge in [0.25, 0.3) is 5.56 Å². The predicted octanol–water partition coefficient (Wildman–Crippen LogP) is 2.38. The lowest BCUT2D eigenvalue weighted by atomic mass is 10.2. The van der Waals surface area contributed by atoms with Crippen molar-refractivity contribution < 1.29 is 9.47 Å². The van der Waals surface area contributed by atoms with Gasteiger partial charge in [0.2, 0.25) is 0 Å². The van der Waals surface area contributed by atoms with E-state index in [1.165, 1.54) is 0 Å². The third-order valence-electron chi connectivity index (χ3n) is 2.40. The molecule has 0 amide bonds. The van der Waals surface area contributed by atoms with E-state index in [0.29, 0.717) is 40.4 Å². The van der Waals surface area contributed by atoms with Crippen molar-refractivity contribution >= 4 is 23.1 Å². The molecular weight excluding hydrogens is 252 g/mol. The lowest BCUT2D eigenvalue weighted by Gasteiger charge is -2.11. The fourth-order valence-corrected chi connectivity index (χ4v) is 1.91. The van der Waals surface area contributed by atoms with Crippen LogP contribution in [0.2, 0.25) is 0 Å². The molecular formula is C12H14N2O3S. The van der Waals surface area contributed by atoms with Crippen LogP contribution in [-0.2, 0) is 0 Å². The van der Waals surface area contributed by atoms with E-state index in [2.05, 4.69) is 9.97 Å². The van der Waals surface area contributed by atoms with Crippen LogP contribution in [0.15, 0.2) is 16.9 Å². The van der Waals surface area contributed by atoms with Crippen LogP contribution in [-0.4, -0.2) is 23.2 Å². The first-order chi connectivity index (χ1) is 8.65. The lowest BCUT2D eigenvalue weighted by molar-refractivity contribution is 0.288. The molecule has 96 valence electrons. The number of ether oxygens (including phenoxy) is 2. The third-order valence-corrected chi connectivity index (χ3v) is 2.61. The highest BCUT2D eigenvalue weighted by Gasteiger charge is 2.09. The second-order valence-corrected chi connectivity index (χ2v) is 4.03. The van der Waals surface area contributed by atoms with Crippen molar-refractivity contribution in [2.75, 3.05) is 13.2 Å². The van der Waals surface area contributed by atoms with Gasteiger partial charge in [0.15, 0.2) is 16.3 Å². The number of hydrogen-bond acceptors (Lipinski definition) is 4. The Hall–Kier alpha value is -1.82. The van der Waals surface area contributed by atoms with Crippen LogP contribution in [0.25, 0.3) is 10.9 Å². The summed E-state index contributed by atoms with van der Waals surface area (Å²) in [5, 5.41) is 0.496. The molecule has 2 aromatic rings. The number of nitrogens with one attached hydrogen (secondary N) is 2. The van der Waals surface area contributed by atoms with E-state index >= 15 is 0 Å². The number of aromatic amines is 2. The average Bonchev–Trinajstić information content (AvgIpc) is 2.31. The summed E-state index contributed by atoms with van der Waals surface area (Å²) in [6.45, 7) is 4.80. The standard InChI is InChI=1S/C12H14N2O3S/c1-3-16-9-5-7-8(6-10(9)17-4-2)13-12(18)14-11(7)15/h5-6H,3-4H2,1-2H3,(H2,13,14,15,18). The molecule has 0 bridgehead atoms. The predicted molar refractivity (Wildman–Crippen MR) is 72.1 cm³/mol. The summed E-state index contributed by atoms with van der Waals surface area (Å²) < 4.78 is 11.2. The molecule has 0 atom stereocenters. The van der Waals surface area contributed by atoms with Gasteiger partial charge >= 0.3 is 0 Å². The average molecular weight is 266 g/mol. The monoisotopic (exact) mass is 266 g/mol. The Kier molecular flexibility index (Phi) is 3.66. The van der Waals surface area contributed by atoms with E-state index < -0.39 is 0 Å².